The van der Waals surface area contributed by atoms with Crippen molar-refractivity contribution in [3.63, 3.8) is 0 Å². The van der Waals surface area contributed by atoms with Crippen LogP contribution in [0.4, 0.5) is 17.5 Å². The van der Waals surface area contributed by atoms with Crippen LogP contribution in [-0.2, 0) is 6.42 Å². The molecule has 1 fully saturated rings. The maximum absolute atomic E-state index is 9.33. The lowest BCUT2D eigenvalue weighted by atomic mass is 10.0. The molecule has 2 heterocycles. The van der Waals surface area contributed by atoms with Crippen molar-refractivity contribution in [2.45, 2.75) is 65.8 Å². The molecular weight excluding hydrogens is 384 g/mol. The summed E-state index contributed by atoms with van der Waals surface area (Å²) in [5, 5.41) is 16.4. The van der Waals surface area contributed by atoms with E-state index in [1.165, 1.54) is 19.3 Å². The van der Waals surface area contributed by atoms with Crippen molar-refractivity contribution in [3.8, 4) is 6.07 Å². The van der Waals surface area contributed by atoms with Gasteiger partial charge in [-0.1, -0.05) is 33.3 Å². The normalized spacial score (nSPS) is 16.4. The van der Waals surface area contributed by atoms with Gasteiger partial charge in [-0.05, 0) is 62.8 Å². The number of nitriles is 1. The maximum atomic E-state index is 9.33. The Hall–Kier alpha value is -2.65. The first-order valence-electron chi connectivity index (χ1n) is 11.6. The van der Waals surface area contributed by atoms with Crippen LogP contribution >= 0.6 is 0 Å². The smallest absolute Gasteiger partial charge is 0.229 e. The maximum Gasteiger partial charge on any atom is 0.229 e. The van der Waals surface area contributed by atoms with Crippen molar-refractivity contribution < 1.29 is 0 Å². The van der Waals surface area contributed by atoms with E-state index in [1.54, 1.807) is 0 Å². The van der Waals surface area contributed by atoms with Crippen LogP contribution in [0.1, 0.15) is 63.3 Å². The van der Waals surface area contributed by atoms with Gasteiger partial charge in [-0.25, -0.2) is 4.98 Å². The molecule has 0 amide bonds. The number of aryl methyl sites for hydroxylation is 2. The Morgan fingerprint density at radius 3 is 2.84 bits per heavy atom. The summed E-state index contributed by atoms with van der Waals surface area (Å²) in [6.45, 7) is 11.7. The summed E-state index contributed by atoms with van der Waals surface area (Å²) in [4.78, 5) is 12.0. The molecule has 2 aromatic rings. The predicted molar refractivity (Wildman–Crippen MR) is 128 cm³/mol. The first kappa shape index (κ1) is 23.0. The Kier molecular flexibility index (Phi) is 8.25. The number of aromatic nitrogens is 2. The molecule has 1 saturated heterocycles. The van der Waals surface area contributed by atoms with Gasteiger partial charge in [0.2, 0.25) is 5.95 Å². The highest BCUT2D eigenvalue weighted by Gasteiger charge is 2.21. The largest absolute Gasteiger partial charge is 0.355 e. The number of nitrogens with zero attached hydrogens (tertiary/aromatic N) is 4. The Bertz CT molecular complexity index is 901. The van der Waals surface area contributed by atoms with Crippen molar-refractivity contribution in [1.82, 2.24) is 15.3 Å². The molecule has 166 valence electrons. The summed E-state index contributed by atoms with van der Waals surface area (Å²) < 4.78 is 0. The Morgan fingerprint density at radius 1 is 1.26 bits per heavy atom. The van der Waals surface area contributed by atoms with Gasteiger partial charge < -0.3 is 15.5 Å². The fourth-order valence-electron chi connectivity index (χ4n) is 3.96. The fraction of sp³-hybridized carbons (Fsp3) is 0.560. The molecule has 1 aromatic carbocycles. The first-order chi connectivity index (χ1) is 15.0. The third-order valence-electron chi connectivity index (χ3n) is 5.79. The van der Waals surface area contributed by atoms with E-state index in [0.717, 1.165) is 61.2 Å². The van der Waals surface area contributed by atoms with Crippen LogP contribution < -0.4 is 15.5 Å². The van der Waals surface area contributed by atoms with Crippen LogP contribution in [0.15, 0.2) is 24.3 Å². The summed E-state index contributed by atoms with van der Waals surface area (Å²) in [6.07, 6.45) is 5.55. The number of hydrogen-bond acceptors (Lipinski definition) is 6. The van der Waals surface area contributed by atoms with Crippen molar-refractivity contribution in [2.24, 2.45) is 5.92 Å². The SMILES string of the molecule is CCCc1cc(N2CCC[C@H](NCCC(C)C)C2)nc(Nc2ccc(C)c(C#N)c2)n1. The van der Waals surface area contributed by atoms with Gasteiger partial charge in [0.25, 0.3) is 0 Å². The molecule has 0 saturated carbocycles. The zero-order valence-electron chi connectivity index (χ0n) is 19.4. The summed E-state index contributed by atoms with van der Waals surface area (Å²) in [6, 6.07) is 10.7. The number of benzene rings is 1. The van der Waals surface area contributed by atoms with Crippen molar-refractivity contribution >= 4 is 17.5 Å². The minimum atomic E-state index is 0.504. The zero-order chi connectivity index (χ0) is 22.2. The summed E-state index contributed by atoms with van der Waals surface area (Å²) in [7, 11) is 0. The van der Waals surface area contributed by atoms with Crippen LogP contribution in [-0.4, -0.2) is 35.6 Å². The Balaban J connectivity index is 1.77. The average molecular weight is 421 g/mol. The third kappa shape index (κ3) is 6.67. The lowest BCUT2D eigenvalue weighted by Crippen LogP contribution is -2.46. The monoisotopic (exact) mass is 420 g/mol. The molecule has 3 rings (SSSR count). The molecular formula is C25H36N6. The van der Waals surface area contributed by atoms with Gasteiger partial charge in [0, 0.05) is 36.6 Å². The van der Waals surface area contributed by atoms with E-state index in [-0.39, 0.29) is 0 Å². The molecule has 2 N–H and O–H groups in total. The van der Waals surface area contributed by atoms with Crippen molar-refractivity contribution in [2.75, 3.05) is 29.9 Å². The summed E-state index contributed by atoms with van der Waals surface area (Å²) in [5.41, 5.74) is 3.53. The number of rotatable bonds is 9. The van der Waals surface area contributed by atoms with Crippen LogP contribution in [0.2, 0.25) is 0 Å². The van der Waals surface area contributed by atoms with E-state index in [1.807, 2.05) is 25.1 Å². The third-order valence-corrected chi connectivity index (χ3v) is 5.79. The second-order valence-electron chi connectivity index (χ2n) is 8.98. The van der Waals surface area contributed by atoms with E-state index in [0.29, 0.717) is 17.6 Å². The predicted octanol–water partition coefficient (Wildman–Crippen LogP) is 4.96. The molecule has 1 atom stereocenters. The minimum absolute atomic E-state index is 0.504. The van der Waals surface area contributed by atoms with Gasteiger partial charge in [0.15, 0.2) is 0 Å². The van der Waals surface area contributed by atoms with Gasteiger partial charge >= 0.3 is 0 Å². The molecule has 0 radical (unpaired) electrons. The molecule has 6 nitrogen and oxygen atoms in total. The highest BCUT2D eigenvalue weighted by molar-refractivity contribution is 5.59. The zero-order valence-corrected chi connectivity index (χ0v) is 19.4. The molecule has 1 aliphatic rings. The van der Waals surface area contributed by atoms with Crippen LogP contribution in [0.25, 0.3) is 0 Å². The van der Waals surface area contributed by atoms with E-state index in [2.05, 4.69) is 48.4 Å². The Labute approximate surface area is 187 Å². The van der Waals surface area contributed by atoms with Gasteiger partial charge in [-0.15, -0.1) is 0 Å². The average Bonchev–Trinajstić information content (AvgIpc) is 2.75. The minimum Gasteiger partial charge on any atom is -0.355 e. The van der Waals surface area contributed by atoms with Crippen LogP contribution in [0.3, 0.4) is 0 Å². The van der Waals surface area contributed by atoms with Gasteiger partial charge in [0.1, 0.15) is 5.82 Å². The van der Waals surface area contributed by atoms with Gasteiger partial charge in [0.05, 0.1) is 11.6 Å². The molecule has 0 unspecified atom stereocenters. The molecule has 1 aliphatic heterocycles. The van der Waals surface area contributed by atoms with Crippen molar-refractivity contribution in [1.29, 1.82) is 5.26 Å². The molecule has 0 bridgehead atoms. The molecule has 1 aromatic heterocycles. The standard InChI is InChI=1S/C25H36N6/c1-5-7-21-15-24(31-13-6-8-23(17-31)27-12-11-18(2)3)30-25(28-21)29-22-10-9-19(4)20(14-22)16-26/h9-10,14-15,18,23,27H,5-8,11-13,17H2,1-4H3,(H,28,29,30)/t23-/m0/s1. The number of hydrogen-bond donors (Lipinski definition) is 2. The number of nitrogens with one attached hydrogen (secondary N) is 2. The molecule has 6 heteroatoms. The van der Waals surface area contributed by atoms with Crippen LogP contribution in [0.5, 0.6) is 0 Å². The lowest BCUT2D eigenvalue weighted by Gasteiger charge is -2.34. The van der Waals surface area contributed by atoms with E-state index in [4.69, 9.17) is 9.97 Å². The highest BCUT2D eigenvalue weighted by Crippen LogP contribution is 2.23. The summed E-state index contributed by atoms with van der Waals surface area (Å²) >= 11 is 0. The molecule has 0 spiro atoms. The highest BCUT2D eigenvalue weighted by atomic mass is 15.2. The number of anilines is 3. The lowest BCUT2D eigenvalue weighted by molar-refractivity contribution is 0.404. The van der Waals surface area contributed by atoms with Crippen LogP contribution in [0, 0.1) is 24.2 Å². The number of piperidine rings is 1. The van der Waals surface area contributed by atoms with E-state index < -0.39 is 0 Å². The fourth-order valence-corrected chi connectivity index (χ4v) is 3.96. The second kappa shape index (κ2) is 11.1. The van der Waals surface area contributed by atoms with Gasteiger partial charge in [-0.2, -0.15) is 10.2 Å². The van der Waals surface area contributed by atoms with E-state index in [9.17, 15) is 5.26 Å². The second-order valence-corrected chi connectivity index (χ2v) is 8.98. The molecule has 31 heavy (non-hydrogen) atoms. The van der Waals surface area contributed by atoms with Crippen molar-refractivity contribution in [3.05, 3.63) is 41.1 Å². The first-order valence-corrected chi connectivity index (χ1v) is 11.6. The quantitative estimate of drug-likeness (QED) is 0.597. The summed E-state index contributed by atoms with van der Waals surface area (Å²) in [5.74, 6) is 2.31. The Morgan fingerprint density at radius 2 is 2.10 bits per heavy atom. The van der Waals surface area contributed by atoms with Gasteiger partial charge in [-0.3, -0.25) is 0 Å². The topological polar surface area (TPSA) is 76.9 Å². The van der Waals surface area contributed by atoms with E-state index >= 15 is 0 Å². The molecule has 0 aliphatic carbocycles.